The number of carbonyl (C=O) groups excluding carboxylic acids is 1. The second-order valence-corrected chi connectivity index (χ2v) is 10.5. The van der Waals surface area contributed by atoms with Crippen LogP contribution in [0.2, 0.25) is 0 Å². The van der Waals surface area contributed by atoms with Crippen LogP contribution in [0.15, 0.2) is 11.6 Å². The molecule has 4 unspecified atom stereocenters. The van der Waals surface area contributed by atoms with Gasteiger partial charge in [-0.1, -0.05) is 59.6 Å². The first-order chi connectivity index (χ1) is 12.2. The Bertz CT molecular complexity index is 548. The second kappa shape index (κ2) is 7.41. The highest BCUT2D eigenvalue weighted by Gasteiger charge is 2.65. The number of allylic oxidation sites excluding steroid dienone is 2. The molecule has 0 N–H and O–H groups in total. The Labute approximate surface area is 161 Å². The zero-order valence-electron chi connectivity index (χ0n) is 17.9. The Morgan fingerprint density at radius 2 is 1.96 bits per heavy atom. The molecule has 2 bridgehead atoms. The highest BCUT2D eigenvalue weighted by molar-refractivity contribution is 5.66. The number of hydrogen-bond donors (Lipinski definition) is 0. The molecule has 0 aliphatic heterocycles. The van der Waals surface area contributed by atoms with E-state index >= 15 is 0 Å². The van der Waals surface area contributed by atoms with E-state index in [9.17, 15) is 4.79 Å². The lowest BCUT2D eigenvalue weighted by molar-refractivity contribution is -0.127. The molecule has 3 aliphatic carbocycles. The van der Waals surface area contributed by atoms with Gasteiger partial charge in [0, 0.05) is 24.0 Å². The largest absolute Gasteiger partial charge is 0.381 e. The maximum Gasteiger partial charge on any atom is 0.127 e. The summed E-state index contributed by atoms with van der Waals surface area (Å²) in [7, 11) is 0. The lowest BCUT2D eigenvalue weighted by atomic mass is 9.53. The minimum Gasteiger partial charge on any atom is -0.381 e. The average Bonchev–Trinajstić information content (AvgIpc) is 3.19. The molecule has 6 atom stereocenters. The van der Waals surface area contributed by atoms with Gasteiger partial charge in [0.25, 0.3) is 0 Å². The second-order valence-electron chi connectivity index (χ2n) is 10.5. The molecular formula is C24H40O2. The van der Waals surface area contributed by atoms with Crippen LogP contribution in [0.25, 0.3) is 0 Å². The topological polar surface area (TPSA) is 26.3 Å². The van der Waals surface area contributed by atoms with Crippen molar-refractivity contribution in [3.05, 3.63) is 11.6 Å². The first kappa shape index (κ1) is 20.1. The van der Waals surface area contributed by atoms with Crippen molar-refractivity contribution < 1.29 is 9.53 Å². The van der Waals surface area contributed by atoms with Crippen molar-refractivity contribution in [1.29, 1.82) is 0 Å². The normalized spacial score (nSPS) is 42.1. The first-order valence-corrected chi connectivity index (χ1v) is 11.0. The summed E-state index contributed by atoms with van der Waals surface area (Å²) in [5.41, 5.74) is 1.51. The van der Waals surface area contributed by atoms with E-state index in [2.05, 4.69) is 47.6 Å². The van der Waals surface area contributed by atoms with Crippen molar-refractivity contribution in [3.8, 4) is 0 Å². The molecule has 2 fully saturated rings. The van der Waals surface area contributed by atoms with Crippen LogP contribution in [-0.4, -0.2) is 19.5 Å². The van der Waals surface area contributed by atoms with Gasteiger partial charge in [-0.3, -0.25) is 0 Å². The van der Waals surface area contributed by atoms with Gasteiger partial charge >= 0.3 is 0 Å². The molecule has 0 heterocycles. The lowest BCUT2D eigenvalue weighted by Gasteiger charge is -2.49. The number of ether oxygens (including phenoxy) is 1. The number of hydrogen-bond acceptors (Lipinski definition) is 2. The highest BCUT2D eigenvalue weighted by atomic mass is 16.5. The maximum atomic E-state index is 12.7. The Morgan fingerprint density at radius 3 is 2.54 bits per heavy atom. The molecule has 0 saturated heterocycles. The third-order valence-electron chi connectivity index (χ3n) is 8.07. The number of aldehydes is 1. The first-order valence-electron chi connectivity index (χ1n) is 11.0. The fourth-order valence-electron chi connectivity index (χ4n) is 6.97. The molecule has 3 aliphatic rings. The molecule has 2 nitrogen and oxygen atoms in total. The Hall–Kier alpha value is -0.630. The fourth-order valence-corrected chi connectivity index (χ4v) is 6.97. The van der Waals surface area contributed by atoms with Crippen molar-refractivity contribution in [3.63, 3.8) is 0 Å². The lowest BCUT2D eigenvalue weighted by Crippen LogP contribution is -2.47. The maximum absolute atomic E-state index is 12.7. The highest BCUT2D eigenvalue weighted by Crippen LogP contribution is 2.70. The smallest absolute Gasteiger partial charge is 0.127 e. The van der Waals surface area contributed by atoms with E-state index in [0.29, 0.717) is 35.5 Å². The van der Waals surface area contributed by atoms with Crippen LogP contribution in [0.4, 0.5) is 0 Å². The zero-order chi connectivity index (χ0) is 19.1. The summed E-state index contributed by atoms with van der Waals surface area (Å²) in [6, 6.07) is 0. The summed E-state index contributed by atoms with van der Waals surface area (Å²) in [4.78, 5) is 12.7. The van der Waals surface area contributed by atoms with Crippen LogP contribution in [0.5, 0.6) is 0 Å². The summed E-state index contributed by atoms with van der Waals surface area (Å²) >= 11 is 0. The van der Waals surface area contributed by atoms with Crippen LogP contribution in [-0.2, 0) is 9.53 Å². The van der Waals surface area contributed by atoms with Gasteiger partial charge < -0.3 is 9.53 Å². The Kier molecular flexibility index (Phi) is 5.74. The van der Waals surface area contributed by atoms with Gasteiger partial charge in [0.2, 0.25) is 0 Å². The monoisotopic (exact) mass is 360 g/mol. The van der Waals surface area contributed by atoms with Gasteiger partial charge in [-0.15, -0.1) is 0 Å². The van der Waals surface area contributed by atoms with Gasteiger partial charge in [0.1, 0.15) is 6.29 Å². The minimum absolute atomic E-state index is 0.0827. The van der Waals surface area contributed by atoms with Crippen LogP contribution in [0.3, 0.4) is 0 Å². The minimum atomic E-state index is -0.139. The van der Waals surface area contributed by atoms with Gasteiger partial charge in [-0.2, -0.15) is 0 Å². The Balaban J connectivity index is 1.81. The molecule has 0 aromatic rings. The molecule has 0 radical (unpaired) electrons. The molecule has 26 heavy (non-hydrogen) atoms. The fraction of sp³-hybridized carbons (Fsp3) is 0.875. The standard InChI is InChI=1S/C24H40O2/c1-16(2)14-26-10-9-20-18(5)7-8-21(20)24(15-25)13-19-11-22(17(3)4)23(24,6)12-19/h11,15-21H,7-10,12-14H2,1-6H3/t18?,19-,20?,21?,23-,24?/m1/s1. The van der Waals surface area contributed by atoms with Crippen molar-refractivity contribution in [2.45, 2.75) is 73.6 Å². The van der Waals surface area contributed by atoms with Crippen molar-refractivity contribution >= 4 is 6.29 Å². The third-order valence-corrected chi connectivity index (χ3v) is 8.07. The van der Waals surface area contributed by atoms with Gasteiger partial charge in [-0.25, -0.2) is 0 Å². The van der Waals surface area contributed by atoms with Crippen LogP contribution < -0.4 is 0 Å². The molecule has 2 saturated carbocycles. The summed E-state index contributed by atoms with van der Waals surface area (Å²) < 4.78 is 5.93. The molecule has 0 aromatic heterocycles. The molecule has 0 spiro atoms. The van der Waals surface area contributed by atoms with E-state index in [0.717, 1.165) is 26.1 Å². The number of fused-ring (bicyclic) bond motifs is 2. The van der Waals surface area contributed by atoms with E-state index in [4.69, 9.17) is 4.74 Å². The number of rotatable bonds is 8. The van der Waals surface area contributed by atoms with Crippen LogP contribution >= 0.6 is 0 Å². The molecular weight excluding hydrogens is 320 g/mol. The van der Waals surface area contributed by atoms with E-state index in [1.807, 2.05) is 0 Å². The zero-order valence-corrected chi connectivity index (χ0v) is 17.9. The van der Waals surface area contributed by atoms with E-state index < -0.39 is 0 Å². The molecule has 2 heteroatoms. The summed E-state index contributed by atoms with van der Waals surface area (Å²) in [5.74, 6) is 3.66. The van der Waals surface area contributed by atoms with Gasteiger partial charge in [0.05, 0.1) is 0 Å². The van der Waals surface area contributed by atoms with Crippen molar-refractivity contribution in [2.75, 3.05) is 13.2 Å². The molecule has 3 rings (SSSR count). The number of carbonyl (C=O) groups is 1. The van der Waals surface area contributed by atoms with Crippen LogP contribution in [0, 0.1) is 46.3 Å². The summed E-state index contributed by atoms with van der Waals surface area (Å²) in [6.07, 6.45) is 9.83. The molecule has 0 aromatic carbocycles. The molecule has 0 amide bonds. The van der Waals surface area contributed by atoms with Crippen molar-refractivity contribution in [1.82, 2.24) is 0 Å². The average molecular weight is 361 g/mol. The van der Waals surface area contributed by atoms with Gasteiger partial charge in [0.15, 0.2) is 0 Å². The Morgan fingerprint density at radius 1 is 1.23 bits per heavy atom. The van der Waals surface area contributed by atoms with Crippen molar-refractivity contribution in [2.24, 2.45) is 46.3 Å². The van der Waals surface area contributed by atoms with Gasteiger partial charge in [-0.05, 0) is 61.2 Å². The predicted molar refractivity (Wildman–Crippen MR) is 108 cm³/mol. The van der Waals surface area contributed by atoms with E-state index in [1.165, 1.54) is 25.5 Å². The van der Waals surface area contributed by atoms with E-state index in [-0.39, 0.29) is 10.8 Å². The van der Waals surface area contributed by atoms with Crippen LogP contribution in [0.1, 0.15) is 73.6 Å². The SMILES string of the molecule is CC(C)COCCC1C(C)CCC1C1(C=O)C[C@@H]2C=C(C(C)C)[C@@]1(C)C2. The quantitative estimate of drug-likeness (QED) is 0.305. The summed E-state index contributed by atoms with van der Waals surface area (Å²) in [5, 5.41) is 0. The predicted octanol–water partition coefficient (Wildman–Crippen LogP) is 5.91. The third kappa shape index (κ3) is 3.11. The summed E-state index contributed by atoms with van der Waals surface area (Å²) in [6.45, 7) is 15.5. The van der Waals surface area contributed by atoms with E-state index in [1.54, 1.807) is 5.57 Å². The molecule has 148 valence electrons.